The zero-order chi connectivity index (χ0) is 25.0. The lowest BCUT2D eigenvalue weighted by molar-refractivity contribution is -0.160. The number of hydrogen-bond donors (Lipinski definition) is 3. The normalized spacial score (nSPS) is 38.4. The third-order valence-corrected chi connectivity index (χ3v) is 8.11. The highest BCUT2D eigenvalue weighted by molar-refractivity contribution is 6.13. The summed E-state index contributed by atoms with van der Waals surface area (Å²) in [5.41, 5.74) is -0.817. The molecule has 0 aromatic heterocycles. The van der Waals surface area contributed by atoms with E-state index >= 15 is 0 Å². The van der Waals surface area contributed by atoms with Crippen molar-refractivity contribution in [1.82, 2.24) is 5.32 Å². The summed E-state index contributed by atoms with van der Waals surface area (Å²) in [4.78, 5) is 38.9. The summed E-state index contributed by atoms with van der Waals surface area (Å²) >= 11 is 0. The van der Waals surface area contributed by atoms with Crippen LogP contribution in [0.15, 0.2) is 34.3 Å². The summed E-state index contributed by atoms with van der Waals surface area (Å²) in [6, 6.07) is 0. The molecule has 0 amide bonds. The SMILES string of the molecule is CCNC=C1C(=O)O[C@H](COC)[C@@]2(C)C1=C(O)C(=O)C1=C2[C@H](OC(C)=O)C[C@]2(C)[C@@H](O)CC[C@@H]12. The summed E-state index contributed by atoms with van der Waals surface area (Å²) in [5.74, 6) is -2.66. The second-order valence-electron chi connectivity index (χ2n) is 10.0. The smallest absolute Gasteiger partial charge is 0.340 e. The van der Waals surface area contributed by atoms with E-state index in [4.69, 9.17) is 14.2 Å². The Balaban J connectivity index is 2.02. The van der Waals surface area contributed by atoms with Gasteiger partial charge in [0.2, 0.25) is 5.78 Å². The zero-order valence-electron chi connectivity index (χ0n) is 20.3. The average Bonchev–Trinajstić information content (AvgIpc) is 3.06. The van der Waals surface area contributed by atoms with Gasteiger partial charge in [-0.2, -0.15) is 0 Å². The molecule has 1 aliphatic heterocycles. The molecule has 0 unspecified atom stereocenters. The molecule has 3 N–H and O–H groups in total. The Labute approximate surface area is 198 Å². The van der Waals surface area contributed by atoms with Crippen LogP contribution in [-0.2, 0) is 28.6 Å². The van der Waals surface area contributed by atoms with Gasteiger partial charge in [0.15, 0.2) is 5.76 Å². The summed E-state index contributed by atoms with van der Waals surface area (Å²) in [6.45, 7) is 7.36. The number of ether oxygens (including phenoxy) is 3. The van der Waals surface area contributed by atoms with Gasteiger partial charge in [0.25, 0.3) is 0 Å². The number of aliphatic hydroxyl groups is 2. The van der Waals surface area contributed by atoms with E-state index in [2.05, 4.69) is 5.32 Å². The van der Waals surface area contributed by atoms with E-state index in [0.29, 0.717) is 37.0 Å². The van der Waals surface area contributed by atoms with E-state index in [1.807, 2.05) is 13.8 Å². The number of ketones is 1. The van der Waals surface area contributed by atoms with Crippen molar-refractivity contribution >= 4 is 17.7 Å². The van der Waals surface area contributed by atoms with Crippen LogP contribution in [-0.4, -0.2) is 66.5 Å². The number of Topliss-reactive ketones (excluding diaryl/α,β-unsaturated/α-hetero) is 1. The van der Waals surface area contributed by atoms with Crippen molar-refractivity contribution in [2.45, 2.75) is 65.3 Å². The molecule has 6 atom stereocenters. The molecule has 9 heteroatoms. The highest BCUT2D eigenvalue weighted by Crippen LogP contribution is 2.63. The maximum absolute atomic E-state index is 13.8. The highest BCUT2D eigenvalue weighted by Gasteiger charge is 2.64. The van der Waals surface area contributed by atoms with Crippen molar-refractivity contribution in [2.24, 2.45) is 16.7 Å². The van der Waals surface area contributed by atoms with Crippen LogP contribution in [0.5, 0.6) is 0 Å². The molecule has 186 valence electrons. The number of allylic oxidation sites excluding steroid dienone is 1. The van der Waals surface area contributed by atoms with Crippen LogP contribution in [0.2, 0.25) is 0 Å². The van der Waals surface area contributed by atoms with E-state index in [0.717, 1.165) is 0 Å². The number of carbonyl (C=O) groups is 3. The molecule has 34 heavy (non-hydrogen) atoms. The van der Waals surface area contributed by atoms with Gasteiger partial charge in [-0.3, -0.25) is 9.59 Å². The first-order valence-electron chi connectivity index (χ1n) is 11.7. The second kappa shape index (κ2) is 8.53. The topological polar surface area (TPSA) is 131 Å². The number of aliphatic hydroxyl groups excluding tert-OH is 2. The Morgan fingerprint density at radius 1 is 1.29 bits per heavy atom. The van der Waals surface area contributed by atoms with Gasteiger partial charge in [-0.1, -0.05) is 6.92 Å². The molecule has 0 bridgehead atoms. The summed E-state index contributed by atoms with van der Waals surface area (Å²) in [7, 11) is 1.47. The molecular formula is C25H33NO8. The molecule has 2 fully saturated rings. The molecule has 9 nitrogen and oxygen atoms in total. The zero-order valence-corrected chi connectivity index (χ0v) is 20.3. The Hall–Kier alpha value is -2.65. The third-order valence-electron chi connectivity index (χ3n) is 8.11. The predicted octanol–water partition coefficient (Wildman–Crippen LogP) is 1.86. The van der Waals surface area contributed by atoms with Gasteiger partial charge in [-0.25, -0.2) is 4.79 Å². The largest absolute Gasteiger partial charge is 0.504 e. The lowest BCUT2D eigenvalue weighted by Crippen LogP contribution is -2.57. The molecular weight excluding hydrogens is 442 g/mol. The molecule has 1 heterocycles. The van der Waals surface area contributed by atoms with E-state index in [1.54, 1.807) is 6.92 Å². The molecule has 4 aliphatic rings. The van der Waals surface area contributed by atoms with E-state index in [9.17, 15) is 24.6 Å². The minimum absolute atomic E-state index is 0.00975. The Kier molecular flexibility index (Phi) is 6.14. The van der Waals surface area contributed by atoms with Gasteiger partial charge in [0.05, 0.1) is 23.7 Å². The summed E-state index contributed by atoms with van der Waals surface area (Å²) < 4.78 is 16.9. The first-order chi connectivity index (χ1) is 16.0. The predicted molar refractivity (Wildman–Crippen MR) is 120 cm³/mol. The van der Waals surface area contributed by atoms with Gasteiger partial charge < -0.3 is 29.7 Å². The number of rotatable bonds is 5. The third kappa shape index (κ3) is 3.32. The monoisotopic (exact) mass is 475 g/mol. The highest BCUT2D eigenvalue weighted by atomic mass is 16.6. The molecule has 0 aromatic carbocycles. The van der Waals surface area contributed by atoms with Crippen molar-refractivity contribution < 1.29 is 38.8 Å². The molecule has 3 aliphatic carbocycles. The Bertz CT molecular complexity index is 1030. The maximum atomic E-state index is 13.8. The van der Waals surface area contributed by atoms with E-state index in [-0.39, 0.29) is 23.7 Å². The van der Waals surface area contributed by atoms with Gasteiger partial charge in [0, 0.05) is 43.3 Å². The molecule has 1 saturated carbocycles. The number of nitrogens with one attached hydrogen (secondary N) is 1. The Morgan fingerprint density at radius 3 is 2.62 bits per heavy atom. The van der Waals surface area contributed by atoms with Gasteiger partial charge in [-0.15, -0.1) is 0 Å². The van der Waals surface area contributed by atoms with Gasteiger partial charge in [0.1, 0.15) is 12.2 Å². The first-order valence-corrected chi connectivity index (χ1v) is 11.7. The standard InChI is InChI=1S/C25H33NO8/c1-6-26-10-13-19-22(30)21(29)18-14-7-8-16(28)24(14,3)9-15(33-12(2)27)20(18)25(19,4)17(11-32-5)34-23(13)31/h10,14-17,26,28,30H,6-9,11H2,1-5H3/t14-,15+,16-,17+,24-,25-/m0/s1. The summed E-state index contributed by atoms with van der Waals surface area (Å²) in [5, 5.41) is 25.1. The fraction of sp³-hybridized carbons (Fsp3) is 0.640. The van der Waals surface area contributed by atoms with Crippen molar-refractivity contribution in [1.29, 1.82) is 0 Å². The van der Waals surface area contributed by atoms with Crippen LogP contribution in [0.4, 0.5) is 0 Å². The number of hydrogen-bond acceptors (Lipinski definition) is 9. The van der Waals surface area contributed by atoms with Crippen LogP contribution in [0.25, 0.3) is 0 Å². The van der Waals surface area contributed by atoms with Crippen molar-refractivity contribution in [3.63, 3.8) is 0 Å². The fourth-order valence-corrected chi connectivity index (χ4v) is 6.49. The van der Waals surface area contributed by atoms with Crippen molar-refractivity contribution in [3.05, 3.63) is 34.3 Å². The van der Waals surface area contributed by atoms with E-state index in [1.165, 1.54) is 20.2 Å². The first kappa shape index (κ1) is 24.5. The molecule has 0 radical (unpaired) electrons. The molecule has 0 spiro atoms. The van der Waals surface area contributed by atoms with Crippen LogP contribution in [0.3, 0.4) is 0 Å². The van der Waals surface area contributed by atoms with Crippen LogP contribution in [0, 0.1) is 16.7 Å². The lowest BCUT2D eigenvalue weighted by atomic mass is 9.53. The van der Waals surface area contributed by atoms with Crippen LogP contribution >= 0.6 is 0 Å². The fourth-order valence-electron chi connectivity index (χ4n) is 6.49. The van der Waals surface area contributed by atoms with Crippen LogP contribution in [0.1, 0.15) is 47.0 Å². The quantitative estimate of drug-likeness (QED) is 0.403. The van der Waals surface area contributed by atoms with E-state index < -0.39 is 52.6 Å². The molecule has 4 rings (SSSR count). The Morgan fingerprint density at radius 2 is 2.00 bits per heavy atom. The number of carbonyl (C=O) groups excluding carboxylic acids is 3. The number of methoxy groups -OCH3 is 1. The van der Waals surface area contributed by atoms with Crippen molar-refractivity contribution in [2.75, 3.05) is 20.3 Å². The van der Waals surface area contributed by atoms with Crippen LogP contribution < -0.4 is 5.32 Å². The minimum Gasteiger partial charge on any atom is -0.504 e. The maximum Gasteiger partial charge on any atom is 0.340 e. The van der Waals surface area contributed by atoms with Gasteiger partial charge >= 0.3 is 11.9 Å². The number of cyclic esters (lactones) is 1. The lowest BCUT2D eigenvalue weighted by Gasteiger charge is -2.54. The van der Waals surface area contributed by atoms with Crippen molar-refractivity contribution in [3.8, 4) is 0 Å². The minimum atomic E-state index is -1.19. The number of fused-ring (bicyclic) bond motifs is 4. The molecule has 1 saturated heterocycles. The number of esters is 2. The summed E-state index contributed by atoms with van der Waals surface area (Å²) in [6.07, 6.45) is 0.426. The van der Waals surface area contributed by atoms with Gasteiger partial charge in [-0.05, 0) is 44.6 Å². The molecule has 0 aromatic rings. The second-order valence-corrected chi connectivity index (χ2v) is 10.0. The average molecular weight is 476 g/mol.